The molecule has 168 valence electrons. The van der Waals surface area contributed by atoms with Gasteiger partial charge in [-0.15, -0.1) is 0 Å². The van der Waals surface area contributed by atoms with Crippen LogP contribution >= 0.6 is 0 Å². The van der Waals surface area contributed by atoms with Crippen LogP contribution in [0.5, 0.6) is 11.5 Å². The second kappa shape index (κ2) is 8.60. The van der Waals surface area contributed by atoms with E-state index >= 15 is 0 Å². The quantitative estimate of drug-likeness (QED) is 0.573. The van der Waals surface area contributed by atoms with Crippen LogP contribution in [0.1, 0.15) is 24.9 Å². The second-order valence-electron chi connectivity index (χ2n) is 8.10. The number of fused-ring (bicyclic) bond motifs is 1. The lowest BCUT2D eigenvalue weighted by Crippen LogP contribution is -2.37. The zero-order valence-corrected chi connectivity index (χ0v) is 18.1. The van der Waals surface area contributed by atoms with E-state index in [2.05, 4.69) is 0 Å². The van der Waals surface area contributed by atoms with Crippen LogP contribution in [-0.2, 0) is 14.4 Å². The van der Waals surface area contributed by atoms with E-state index < -0.39 is 24.0 Å². The molecular weight excluding hydrogens is 420 g/mol. The number of carbonyl (C=O) groups excluding carboxylic acids is 2. The Labute approximate surface area is 191 Å². The van der Waals surface area contributed by atoms with Crippen molar-refractivity contribution in [2.24, 2.45) is 5.92 Å². The van der Waals surface area contributed by atoms with Crippen LogP contribution in [0, 0.1) is 5.92 Å². The maximum atomic E-state index is 13.6. The fourth-order valence-electron chi connectivity index (χ4n) is 4.39. The third kappa shape index (κ3) is 3.70. The summed E-state index contributed by atoms with van der Waals surface area (Å²) in [5.41, 5.74) is 2.01. The van der Waals surface area contributed by atoms with Crippen molar-refractivity contribution in [2.45, 2.75) is 25.5 Å². The molecule has 5 rings (SSSR count). The van der Waals surface area contributed by atoms with Crippen molar-refractivity contribution in [1.29, 1.82) is 0 Å². The number of nitrogens with zero attached hydrogens (tertiary/aromatic N) is 2. The van der Waals surface area contributed by atoms with Gasteiger partial charge < -0.3 is 9.84 Å². The fourth-order valence-corrected chi connectivity index (χ4v) is 4.39. The van der Waals surface area contributed by atoms with E-state index in [1.807, 2.05) is 37.3 Å². The Kier molecular flexibility index (Phi) is 5.48. The summed E-state index contributed by atoms with van der Waals surface area (Å²) in [6.45, 7) is 2.63. The highest BCUT2D eigenvalue weighted by molar-refractivity contribution is 6.23. The van der Waals surface area contributed by atoms with Gasteiger partial charge in [0.2, 0.25) is 5.91 Å². The number of amides is 2. The smallest absolute Gasteiger partial charge is 0.266 e. The lowest BCUT2D eigenvalue weighted by molar-refractivity contribution is -0.126. The number of hydroxylamine groups is 1. The minimum absolute atomic E-state index is 0.126. The number of rotatable bonds is 6. The third-order valence-corrected chi connectivity index (χ3v) is 5.93. The van der Waals surface area contributed by atoms with E-state index in [-0.39, 0.29) is 11.7 Å². The van der Waals surface area contributed by atoms with E-state index in [4.69, 9.17) is 9.57 Å². The molecule has 3 atom stereocenters. The largest absolute Gasteiger partial charge is 0.508 e. The molecule has 2 heterocycles. The molecule has 2 fully saturated rings. The first-order valence-corrected chi connectivity index (χ1v) is 11.0. The van der Waals surface area contributed by atoms with Crippen molar-refractivity contribution in [2.75, 3.05) is 16.6 Å². The van der Waals surface area contributed by atoms with E-state index in [1.54, 1.807) is 53.6 Å². The average molecular weight is 444 g/mol. The molecule has 3 aromatic carbocycles. The molecular formula is C26H24N2O5. The molecule has 33 heavy (non-hydrogen) atoms. The van der Waals surface area contributed by atoms with Crippen LogP contribution in [0.25, 0.3) is 0 Å². The average Bonchev–Trinajstić information content (AvgIpc) is 3.35. The first-order chi connectivity index (χ1) is 16.1. The van der Waals surface area contributed by atoms with Crippen LogP contribution in [0.4, 0.5) is 11.4 Å². The Morgan fingerprint density at radius 2 is 1.58 bits per heavy atom. The van der Waals surface area contributed by atoms with Gasteiger partial charge in [-0.05, 0) is 60.5 Å². The third-order valence-electron chi connectivity index (χ3n) is 5.93. The molecule has 0 bridgehead atoms. The number of anilines is 2. The highest BCUT2D eigenvalue weighted by Gasteiger charge is 2.60. The van der Waals surface area contributed by atoms with Gasteiger partial charge in [0.05, 0.1) is 24.0 Å². The summed E-state index contributed by atoms with van der Waals surface area (Å²) in [4.78, 5) is 34.3. The fraction of sp³-hybridized carbons (Fsp3) is 0.231. The summed E-state index contributed by atoms with van der Waals surface area (Å²) in [6, 6.07) is 22.4. The van der Waals surface area contributed by atoms with Crippen LogP contribution in [0.2, 0.25) is 0 Å². The van der Waals surface area contributed by atoms with Crippen LogP contribution in [0.15, 0.2) is 78.9 Å². The molecule has 2 saturated heterocycles. The van der Waals surface area contributed by atoms with Crippen LogP contribution in [-0.4, -0.2) is 29.6 Å². The van der Waals surface area contributed by atoms with Crippen molar-refractivity contribution in [3.05, 3.63) is 84.4 Å². The van der Waals surface area contributed by atoms with E-state index in [9.17, 15) is 14.7 Å². The van der Waals surface area contributed by atoms with Gasteiger partial charge in [0.1, 0.15) is 17.4 Å². The Morgan fingerprint density at radius 3 is 2.24 bits per heavy atom. The standard InChI is InChI=1S/C26H24N2O5/c1-2-16-32-21-14-10-18(11-15-21)27-25(30)22-23(17-8-12-20(29)13-9-17)28(33-24(22)26(27)31)19-6-4-3-5-7-19/h3-15,22-24,29H,2,16H2,1H3/t22-,23+,24+/m1/s1. The molecule has 2 amide bonds. The second-order valence-corrected chi connectivity index (χ2v) is 8.10. The molecule has 0 saturated carbocycles. The molecule has 1 N–H and O–H groups in total. The summed E-state index contributed by atoms with van der Waals surface area (Å²) in [5.74, 6) is -0.619. The highest BCUT2D eigenvalue weighted by Crippen LogP contribution is 2.47. The van der Waals surface area contributed by atoms with Crippen molar-refractivity contribution in [3.63, 3.8) is 0 Å². The van der Waals surface area contributed by atoms with Crippen molar-refractivity contribution in [3.8, 4) is 11.5 Å². The molecule has 0 aromatic heterocycles. The number of para-hydroxylation sites is 1. The number of carbonyl (C=O) groups is 2. The predicted octanol–water partition coefficient (Wildman–Crippen LogP) is 4.23. The van der Waals surface area contributed by atoms with E-state index in [0.717, 1.165) is 17.7 Å². The molecule has 7 nitrogen and oxygen atoms in total. The number of aromatic hydroxyl groups is 1. The lowest BCUT2D eigenvalue weighted by atomic mass is 9.90. The maximum absolute atomic E-state index is 13.6. The van der Waals surface area contributed by atoms with Gasteiger partial charge in [0.25, 0.3) is 5.91 Å². The first kappa shape index (κ1) is 21.0. The summed E-state index contributed by atoms with van der Waals surface area (Å²) in [7, 11) is 0. The Bertz CT molecular complexity index is 1150. The molecule has 0 unspecified atom stereocenters. The number of imide groups is 1. The molecule has 3 aromatic rings. The Hall–Kier alpha value is -3.84. The first-order valence-electron chi connectivity index (χ1n) is 11.0. The minimum atomic E-state index is -0.937. The van der Waals surface area contributed by atoms with Gasteiger partial charge in [0, 0.05) is 0 Å². The summed E-state index contributed by atoms with van der Waals surface area (Å²) in [6.07, 6.45) is -0.0465. The van der Waals surface area contributed by atoms with Gasteiger partial charge in [-0.3, -0.25) is 14.4 Å². The number of phenols is 1. The summed E-state index contributed by atoms with van der Waals surface area (Å²) >= 11 is 0. The number of phenolic OH excluding ortho intramolecular Hbond substituents is 1. The summed E-state index contributed by atoms with van der Waals surface area (Å²) in [5, 5.41) is 11.4. The molecule has 0 aliphatic carbocycles. The normalized spacial score (nSPS) is 22.0. The molecule has 2 aliphatic heterocycles. The number of hydrogen-bond donors (Lipinski definition) is 1. The SMILES string of the molecule is CCCOc1ccc(N2C(=O)[C@H]3[C@H](ON(c4ccccc4)[C@H]3c3ccc(O)cc3)C2=O)cc1. The predicted molar refractivity (Wildman–Crippen MR) is 123 cm³/mol. The monoisotopic (exact) mass is 444 g/mol. The molecule has 0 spiro atoms. The van der Waals surface area contributed by atoms with Crippen molar-refractivity contribution >= 4 is 23.2 Å². The van der Waals surface area contributed by atoms with Crippen LogP contribution < -0.4 is 14.7 Å². The van der Waals surface area contributed by atoms with E-state index in [0.29, 0.717) is 18.0 Å². The zero-order chi connectivity index (χ0) is 22.9. The number of hydrogen-bond acceptors (Lipinski definition) is 6. The number of benzene rings is 3. The van der Waals surface area contributed by atoms with E-state index in [1.165, 1.54) is 4.90 Å². The topological polar surface area (TPSA) is 79.3 Å². The van der Waals surface area contributed by atoms with Crippen molar-refractivity contribution in [1.82, 2.24) is 0 Å². The van der Waals surface area contributed by atoms with Gasteiger partial charge in [-0.1, -0.05) is 37.3 Å². The molecule has 7 heteroatoms. The Balaban J connectivity index is 1.49. The maximum Gasteiger partial charge on any atom is 0.266 e. The zero-order valence-electron chi connectivity index (χ0n) is 18.1. The molecule has 0 radical (unpaired) electrons. The summed E-state index contributed by atoms with van der Waals surface area (Å²) < 4.78 is 5.61. The van der Waals surface area contributed by atoms with Gasteiger partial charge >= 0.3 is 0 Å². The van der Waals surface area contributed by atoms with Gasteiger partial charge in [-0.25, -0.2) is 9.96 Å². The Morgan fingerprint density at radius 1 is 0.879 bits per heavy atom. The number of ether oxygens (including phenoxy) is 1. The molecule has 2 aliphatic rings. The van der Waals surface area contributed by atoms with Crippen LogP contribution in [0.3, 0.4) is 0 Å². The van der Waals surface area contributed by atoms with Gasteiger partial charge in [-0.2, -0.15) is 0 Å². The highest BCUT2D eigenvalue weighted by atomic mass is 16.7. The minimum Gasteiger partial charge on any atom is -0.508 e. The van der Waals surface area contributed by atoms with Gasteiger partial charge in [0.15, 0.2) is 6.10 Å². The lowest BCUT2D eigenvalue weighted by Gasteiger charge is -2.28. The van der Waals surface area contributed by atoms with Crippen molar-refractivity contribution < 1.29 is 24.3 Å².